The Morgan fingerprint density at radius 2 is 2.32 bits per heavy atom. The molecule has 0 aliphatic carbocycles. The van der Waals surface area contributed by atoms with E-state index in [1.54, 1.807) is 11.3 Å². The second-order valence-electron chi connectivity index (χ2n) is 5.07. The van der Waals surface area contributed by atoms with Gasteiger partial charge in [-0.05, 0) is 37.9 Å². The van der Waals surface area contributed by atoms with Crippen LogP contribution in [0.3, 0.4) is 0 Å². The summed E-state index contributed by atoms with van der Waals surface area (Å²) >= 11 is 1.79. The molecule has 1 aromatic rings. The lowest BCUT2D eigenvalue weighted by Crippen LogP contribution is -2.38. The van der Waals surface area contributed by atoms with E-state index < -0.39 is 0 Å². The first-order chi connectivity index (χ1) is 9.33. The largest absolute Gasteiger partial charge is 0.395 e. The van der Waals surface area contributed by atoms with Crippen LogP contribution in [0.15, 0.2) is 12.1 Å². The lowest BCUT2D eigenvalue weighted by Gasteiger charge is -2.34. The van der Waals surface area contributed by atoms with E-state index in [1.165, 1.54) is 37.1 Å². The van der Waals surface area contributed by atoms with E-state index in [0.29, 0.717) is 6.42 Å². The van der Waals surface area contributed by atoms with E-state index in [0.717, 1.165) is 17.5 Å². The van der Waals surface area contributed by atoms with Crippen molar-refractivity contribution in [3.05, 3.63) is 21.9 Å². The monoisotopic (exact) mass is 277 g/mol. The number of likely N-dealkylation sites (tertiary alicyclic amines) is 1. The number of hydrogen-bond acceptors (Lipinski definition) is 3. The standard InChI is InChI=1S/C16H23NOS/c1-2-14-7-3-5-11-17(14)13-16-10-9-15(19-16)8-4-6-12-18/h9-10,14,18H,2-3,5-7,11-13H2,1H3. The lowest BCUT2D eigenvalue weighted by molar-refractivity contribution is 0.137. The summed E-state index contributed by atoms with van der Waals surface area (Å²) in [5.41, 5.74) is 0. The molecular weight excluding hydrogens is 254 g/mol. The number of thiophene rings is 1. The van der Waals surface area contributed by atoms with Crippen LogP contribution in [-0.4, -0.2) is 29.2 Å². The van der Waals surface area contributed by atoms with Crippen molar-refractivity contribution in [2.45, 2.75) is 51.6 Å². The highest BCUT2D eigenvalue weighted by atomic mass is 32.1. The molecule has 19 heavy (non-hydrogen) atoms. The van der Waals surface area contributed by atoms with Crippen molar-refractivity contribution in [1.29, 1.82) is 0 Å². The molecule has 0 spiro atoms. The molecule has 1 atom stereocenters. The van der Waals surface area contributed by atoms with Gasteiger partial charge in [-0.15, -0.1) is 11.3 Å². The smallest absolute Gasteiger partial charge is 0.0771 e. The molecule has 1 N–H and O–H groups in total. The molecule has 2 nitrogen and oxygen atoms in total. The average molecular weight is 277 g/mol. The maximum atomic E-state index is 8.72. The Kier molecular flexibility index (Phi) is 5.91. The number of rotatable bonds is 4. The molecule has 1 unspecified atom stereocenters. The van der Waals surface area contributed by atoms with Gasteiger partial charge in [0.05, 0.1) is 11.5 Å². The molecule has 1 aromatic heterocycles. The van der Waals surface area contributed by atoms with Crippen LogP contribution in [0, 0.1) is 11.8 Å². The van der Waals surface area contributed by atoms with Crippen LogP contribution in [0.4, 0.5) is 0 Å². The highest BCUT2D eigenvalue weighted by Crippen LogP contribution is 2.24. The Hall–Kier alpha value is -0.820. The summed E-state index contributed by atoms with van der Waals surface area (Å²) in [5, 5.41) is 8.72. The average Bonchev–Trinajstić information content (AvgIpc) is 2.87. The SMILES string of the molecule is CCC1CCCCN1Cc1ccc(C#CCCO)s1. The highest BCUT2D eigenvalue weighted by molar-refractivity contribution is 7.12. The first-order valence-corrected chi connectivity index (χ1v) is 8.07. The van der Waals surface area contributed by atoms with Crippen LogP contribution < -0.4 is 0 Å². The summed E-state index contributed by atoms with van der Waals surface area (Å²) in [6, 6.07) is 5.07. The van der Waals surface area contributed by atoms with E-state index in [4.69, 9.17) is 5.11 Å². The van der Waals surface area contributed by atoms with E-state index in [2.05, 4.69) is 35.8 Å². The lowest BCUT2D eigenvalue weighted by atomic mass is 10.00. The number of hydrogen-bond donors (Lipinski definition) is 1. The van der Waals surface area contributed by atoms with Crippen LogP contribution >= 0.6 is 11.3 Å². The van der Waals surface area contributed by atoms with E-state index in [9.17, 15) is 0 Å². The number of aliphatic hydroxyl groups excluding tert-OH is 1. The zero-order valence-electron chi connectivity index (χ0n) is 11.7. The van der Waals surface area contributed by atoms with Crippen LogP contribution in [0.5, 0.6) is 0 Å². The molecule has 0 aromatic carbocycles. The Labute approximate surface area is 120 Å². The second kappa shape index (κ2) is 7.69. The number of piperidine rings is 1. The molecule has 2 heterocycles. The third-order valence-corrected chi connectivity index (χ3v) is 4.67. The molecule has 0 radical (unpaired) electrons. The quantitative estimate of drug-likeness (QED) is 0.854. The van der Waals surface area contributed by atoms with Gasteiger partial charge in [-0.25, -0.2) is 0 Å². The maximum Gasteiger partial charge on any atom is 0.0771 e. The minimum absolute atomic E-state index is 0.150. The van der Waals surface area contributed by atoms with Gasteiger partial charge in [-0.1, -0.05) is 25.2 Å². The third-order valence-electron chi connectivity index (χ3n) is 3.69. The number of nitrogens with zero attached hydrogens (tertiary/aromatic N) is 1. The van der Waals surface area contributed by atoms with Crippen molar-refractivity contribution in [2.75, 3.05) is 13.2 Å². The summed E-state index contributed by atoms with van der Waals surface area (Å²) in [7, 11) is 0. The second-order valence-corrected chi connectivity index (χ2v) is 6.24. The molecule has 1 aliphatic heterocycles. The fourth-order valence-electron chi connectivity index (χ4n) is 2.67. The van der Waals surface area contributed by atoms with Gasteiger partial charge in [-0.2, -0.15) is 0 Å². The van der Waals surface area contributed by atoms with Gasteiger partial charge in [0.15, 0.2) is 0 Å². The van der Waals surface area contributed by atoms with Crippen molar-refractivity contribution < 1.29 is 5.11 Å². The molecule has 0 amide bonds. The van der Waals surface area contributed by atoms with Crippen LogP contribution in [0.1, 0.15) is 48.8 Å². The Morgan fingerprint density at radius 3 is 3.11 bits per heavy atom. The first-order valence-electron chi connectivity index (χ1n) is 7.26. The van der Waals surface area contributed by atoms with E-state index in [1.807, 2.05) is 0 Å². The molecule has 3 heteroatoms. The minimum atomic E-state index is 0.150. The van der Waals surface area contributed by atoms with Gasteiger partial charge in [-0.3, -0.25) is 4.90 Å². The normalized spacial score (nSPS) is 20.0. The van der Waals surface area contributed by atoms with Crippen molar-refractivity contribution in [3.63, 3.8) is 0 Å². The summed E-state index contributed by atoms with van der Waals surface area (Å²) in [6.45, 7) is 4.76. The molecule has 104 valence electrons. The van der Waals surface area contributed by atoms with Crippen LogP contribution in [0.2, 0.25) is 0 Å². The van der Waals surface area contributed by atoms with Gasteiger partial charge < -0.3 is 5.11 Å². The highest BCUT2D eigenvalue weighted by Gasteiger charge is 2.20. The maximum absolute atomic E-state index is 8.72. The zero-order valence-corrected chi connectivity index (χ0v) is 12.5. The molecule has 1 fully saturated rings. The summed E-state index contributed by atoms with van der Waals surface area (Å²) in [6.07, 6.45) is 5.90. The Bertz CT molecular complexity index is 443. The molecule has 0 bridgehead atoms. The fourth-order valence-corrected chi connectivity index (χ4v) is 3.57. The van der Waals surface area contributed by atoms with Gasteiger partial charge >= 0.3 is 0 Å². The van der Waals surface area contributed by atoms with E-state index >= 15 is 0 Å². The molecule has 0 saturated carbocycles. The van der Waals surface area contributed by atoms with Crippen LogP contribution in [-0.2, 0) is 6.54 Å². The van der Waals surface area contributed by atoms with Crippen molar-refractivity contribution >= 4 is 11.3 Å². The van der Waals surface area contributed by atoms with Gasteiger partial charge in [0.25, 0.3) is 0 Å². The van der Waals surface area contributed by atoms with Gasteiger partial charge in [0, 0.05) is 23.9 Å². The van der Waals surface area contributed by atoms with Crippen LogP contribution in [0.25, 0.3) is 0 Å². The van der Waals surface area contributed by atoms with Gasteiger partial charge in [0.2, 0.25) is 0 Å². The first kappa shape index (κ1) is 14.6. The minimum Gasteiger partial charge on any atom is -0.395 e. The van der Waals surface area contributed by atoms with Crippen molar-refractivity contribution in [1.82, 2.24) is 4.90 Å². The third kappa shape index (κ3) is 4.35. The molecule has 1 aliphatic rings. The summed E-state index contributed by atoms with van der Waals surface area (Å²) < 4.78 is 0. The topological polar surface area (TPSA) is 23.5 Å². The summed E-state index contributed by atoms with van der Waals surface area (Å²) in [4.78, 5) is 5.16. The van der Waals surface area contributed by atoms with Gasteiger partial charge in [0.1, 0.15) is 0 Å². The van der Waals surface area contributed by atoms with Crippen molar-refractivity contribution in [3.8, 4) is 11.8 Å². The van der Waals surface area contributed by atoms with E-state index in [-0.39, 0.29) is 6.61 Å². The fraction of sp³-hybridized carbons (Fsp3) is 0.625. The Balaban J connectivity index is 1.93. The zero-order chi connectivity index (χ0) is 13.5. The predicted molar refractivity (Wildman–Crippen MR) is 81.2 cm³/mol. The summed E-state index contributed by atoms with van der Waals surface area (Å²) in [5.74, 6) is 6.10. The predicted octanol–water partition coefficient (Wildman–Crippen LogP) is 3.25. The molecule has 2 rings (SSSR count). The van der Waals surface area contributed by atoms with Crippen molar-refractivity contribution in [2.24, 2.45) is 0 Å². The molecule has 1 saturated heterocycles. The Morgan fingerprint density at radius 1 is 1.42 bits per heavy atom. The number of aliphatic hydroxyl groups is 1. The molecular formula is C16H23NOS.